The van der Waals surface area contributed by atoms with Crippen LogP contribution in [0.1, 0.15) is 25.0 Å². The van der Waals surface area contributed by atoms with Gasteiger partial charge in [-0.3, -0.25) is 0 Å². The highest BCUT2D eigenvalue weighted by molar-refractivity contribution is 5.74. The van der Waals surface area contributed by atoms with Gasteiger partial charge in [0, 0.05) is 0 Å². The minimum atomic E-state index is -0.609. The molecule has 0 amide bonds. The van der Waals surface area contributed by atoms with E-state index in [4.69, 9.17) is 15.2 Å². The first-order valence-electron chi connectivity index (χ1n) is 6.22. The molecular formula is C14H21NO3. The van der Waals surface area contributed by atoms with E-state index < -0.39 is 6.10 Å². The fourth-order valence-electron chi connectivity index (χ4n) is 1.72. The van der Waals surface area contributed by atoms with Crippen LogP contribution >= 0.6 is 0 Å². The first-order chi connectivity index (χ1) is 8.60. The number of para-hydroxylation sites is 1. The van der Waals surface area contributed by atoms with Crippen molar-refractivity contribution in [2.45, 2.75) is 33.3 Å². The maximum absolute atomic E-state index is 11.6. The Bertz CT molecular complexity index is 404. The Labute approximate surface area is 108 Å². The van der Waals surface area contributed by atoms with Gasteiger partial charge in [0.2, 0.25) is 0 Å². The highest BCUT2D eigenvalue weighted by Crippen LogP contribution is 2.25. The molecule has 0 fully saturated rings. The molecule has 18 heavy (non-hydrogen) atoms. The Morgan fingerprint density at radius 3 is 2.78 bits per heavy atom. The highest BCUT2D eigenvalue weighted by Gasteiger charge is 2.18. The van der Waals surface area contributed by atoms with E-state index in [2.05, 4.69) is 0 Å². The highest BCUT2D eigenvalue weighted by atomic mass is 16.6. The lowest BCUT2D eigenvalue weighted by molar-refractivity contribution is -0.150. The van der Waals surface area contributed by atoms with Crippen LogP contribution in [0, 0.1) is 6.92 Å². The van der Waals surface area contributed by atoms with E-state index in [9.17, 15) is 4.79 Å². The van der Waals surface area contributed by atoms with Gasteiger partial charge in [-0.25, -0.2) is 4.79 Å². The number of ether oxygens (including phenoxy) is 2. The zero-order valence-corrected chi connectivity index (χ0v) is 11.2. The number of nitrogens with two attached hydrogens (primary N) is 1. The molecule has 1 aromatic carbocycles. The average molecular weight is 251 g/mol. The first kappa shape index (κ1) is 14.5. The van der Waals surface area contributed by atoms with Crippen LogP contribution in [0.4, 0.5) is 0 Å². The molecule has 1 unspecified atom stereocenters. The second kappa shape index (κ2) is 7.01. The number of hydrogen-bond donors (Lipinski definition) is 1. The molecule has 0 aromatic heterocycles. The molecule has 100 valence electrons. The summed E-state index contributed by atoms with van der Waals surface area (Å²) in [7, 11) is 0. The largest absolute Gasteiger partial charge is 0.478 e. The predicted octanol–water partition coefficient (Wildman–Crippen LogP) is 1.83. The summed E-state index contributed by atoms with van der Waals surface area (Å²) in [5.41, 5.74) is 7.59. The van der Waals surface area contributed by atoms with Gasteiger partial charge >= 0.3 is 5.97 Å². The fraction of sp³-hybridized carbons (Fsp3) is 0.500. The molecule has 0 saturated heterocycles. The van der Waals surface area contributed by atoms with Gasteiger partial charge in [-0.05, 0) is 44.9 Å². The smallest absolute Gasteiger partial charge is 0.347 e. The summed E-state index contributed by atoms with van der Waals surface area (Å²) < 4.78 is 10.6. The molecule has 1 atom stereocenters. The lowest BCUT2D eigenvalue weighted by atomic mass is 10.1. The number of esters is 1. The van der Waals surface area contributed by atoms with Crippen molar-refractivity contribution in [2.75, 3.05) is 13.2 Å². The van der Waals surface area contributed by atoms with Crippen molar-refractivity contribution in [1.82, 2.24) is 0 Å². The standard InChI is InChI=1S/C14H21NO3/c1-4-17-14(16)11(3)18-13-10(2)6-5-7-12(13)8-9-15/h5-7,11H,4,8-9,15H2,1-3H3. The van der Waals surface area contributed by atoms with Crippen molar-refractivity contribution in [3.63, 3.8) is 0 Å². The molecule has 0 heterocycles. The Hall–Kier alpha value is -1.55. The van der Waals surface area contributed by atoms with Crippen LogP contribution in [-0.2, 0) is 16.0 Å². The van der Waals surface area contributed by atoms with Crippen molar-refractivity contribution in [3.8, 4) is 5.75 Å². The maximum Gasteiger partial charge on any atom is 0.347 e. The summed E-state index contributed by atoms with van der Waals surface area (Å²) in [6, 6.07) is 5.88. The van der Waals surface area contributed by atoms with Gasteiger partial charge < -0.3 is 15.2 Å². The molecule has 0 aliphatic heterocycles. The van der Waals surface area contributed by atoms with Crippen molar-refractivity contribution < 1.29 is 14.3 Å². The Balaban J connectivity index is 2.85. The Kier molecular flexibility index (Phi) is 5.65. The fourth-order valence-corrected chi connectivity index (χ4v) is 1.72. The average Bonchev–Trinajstić information content (AvgIpc) is 2.34. The van der Waals surface area contributed by atoms with E-state index in [1.54, 1.807) is 13.8 Å². The van der Waals surface area contributed by atoms with Crippen LogP contribution in [0.25, 0.3) is 0 Å². The number of benzene rings is 1. The number of rotatable bonds is 6. The van der Waals surface area contributed by atoms with Gasteiger partial charge in [0.05, 0.1) is 6.61 Å². The summed E-state index contributed by atoms with van der Waals surface area (Å²) in [6.07, 6.45) is 0.120. The van der Waals surface area contributed by atoms with Gasteiger partial charge in [-0.1, -0.05) is 18.2 Å². The van der Waals surface area contributed by atoms with Crippen molar-refractivity contribution >= 4 is 5.97 Å². The molecular weight excluding hydrogens is 230 g/mol. The van der Waals surface area contributed by atoms with E-state index in [0.717, 1.165) is 23.3 Å². The van der Waals surface area contributed by atoms with Crippen LogP contribution in [-0.4, -0.2) is 25.2 Å². The van der Waals surface area contributed by atoms with Crippen LogP contribution in [0.5, 0.6) is 5.75 Å². The number of carbonyl (C=O) groups is 1. The normalized spacial score (nSPS) is 12.0. The summed E-state index contributed by atoms with van der Waals surface area (Å²) in [5, 5.41) is 0. The van der Waals surface area contributed by atoms with Crippen LogP contribution < -0.4 is 10.5 Å². The predicted molar refractivity (Wildman–Crippen MR) is 70.7 cm³/mol. The summed E-state index contributed by atoms with van der Waals surface area (Å²) >= 11 is 0. The monoisotopic (exact) mass is 251 g/mol. The van der Waals surface area contributed by atoms with Gasteiger partial charge in [-0.15, -0.1) is 0 Å². The molecule has 4 heteroatoms. The second-order valence-electron chi connectivity index (χ2n) is 4.11. The topological polar surface area (TPSA) is 61.5 Å². The lowest BCUT2D eigenvalue weighted by Crippen LogP contribution is -2.27. The molecule has 4 nitrogen and oxygen atoms in total. The van der Waals surface area contributed by atoms with E-state index in [1.165, 1.54) is 0 Å². The van der Waals surface area contributed by atoms with E-state index >= 15 is 0 Å². The third-order valence-corrected chi connectivity index (χ3v) is 2.62. The van der Waals surface area contributed by atoms with Crippen molar-refractivity contribution in [3.05, 3.63) is 29.3 Å². The summed E-state index contributed by atoms with van der Waals surface area (Å²) in [4.78, 5) is 11.6. The van der Waals surface area contributed by atoms with E-state index in [1.807, 2.05) is 25.1 Å². The van der Waals surface area contributed by atoms with Crippen LogP contribution in [0.15, 0.2) is 18.2 Å². The third kappa shape index (κ3) is 3.74. The molecule has 0 radical (unpaired) electrons. The molecule has 0 aliphatic rings. The molecule has 2 N–H and O–H groups in total. The van der Waals surface area contributed by atoms with Gasteiger partial charge in [0.25, 0.3) is 0 Å². The van der Waals surface area contributed by atoms with E-state index in [0.29, 0.717) is 13.2 Å². The van der Waals surface area contributed by atoms with Crippen LogP contribution in [0.2, 0.25) is 0 Å². The second-order valence-corrected chi connectivity index (χ2v) is 4.11. The molecule has 0 bridgehead atoms. The molecule has 0 spiro atoms. The van der Waals surface area contributed by atoms with Gasteiger partial charge in [-0.2, -0.15) is 0 Å². The zero-order chi connectivity index (χ0) is 13.5. The van der Waals surface area contributed by atoms with Gasteiger partial charge in [0.15, 0.2) is 6.10 Å². The van der Waals surface area contributed by atoms with Crippen LogP contribution in [0.3, 0.4) is 0 Å². The molecule has 1 aromatic rings. The Morgan fingerprint density at radius 1 is 1.44 bits per heavy atom. The quantitative estimate of drug-likeness (QED) is 0.783. The Morgan fingerprint density at radius 2 is 2.17 bits per heavy atom. The number of aryl methyl sites for hydroxylation is 1. The minimum absolute atomic E-state index is 0.348. The minimum Gasteiger partial charge on any atom is -0.478 e. The third-order valence-electron chi connectivity index (χ3n) is 2.62. The summed E-state index contributed by atoms with van der Waals surface area (Å²) in [5.74, 6) is 0.392. The lowest BCUT2D eigenvalue weighted by Gasteiger charge is -2.18. The number of carbonyl (C=O) groups excluding carboxylic acids is 1. The molecule has 1 rings (SSSR count). The molecule has 0 saturated carbocycles. The van der Waals surface area contributed by atoms with Crippen molar-refractivity contribution in [1.29, 1.82) is 0 Å². The van der Waals surface area contributed by atoms with Gasteiger partial charge in [0.1, 0.15) is 5.75 Å². The van der Waals surface area contributed by atoms with E-state index in [-0.39, 0.29) is 5.97 Å². The SMILES string of the molecule is CCOC(=O)C(C)Oc1c(C)cccc1CCN. The number of hydrogen-bond acceptors (Lipinski definition) is 4. The maximum atomic E-state index is 11.6. The summed E-state index contributed by atoms with van der Waals surface area (Å²) in [6.45, 7) is 6.33. The zero-order valence-electron chi connectivity index (χ0n) is 11.2. The molecule has 0 aliphatic carbocycles. The van der Waals surface area contributed by atoms with Crippen molar-refractivity contribution in [2.24, 2.45) is 5.73 Å². The first-order valence-corrected chi connectivity index (χ1v) is 6.22.